The van der Waals surface area contributed by atoms with Gasteiger partial charge in [-0.15, -0.1) is 0 Å². The van der Waals surface area contributed by atoms with Crippen molar-refractivity contribution in [1.82, 2.24) is 9.88 Å². The van der Waals surface area contributed by atoms with Crippen molar-refractivity contribution in [2.45, 2.75) is 32.5 Å². The summed E-state index contributed by atoms with van der Waals surface area (Å²) in [6, 6.07) is 12.7. The van der Waals surface area contributed by atoms with Gasteiger partial charge >= 0.3 is 0 Å². The van der Waals surface area contributed by atoms with Crippen molar-refractivity contribution in [3.05, 3.63) is 65.5 Å². The predicted octanol–water partition coefficient (Wildman–Crippen LogP) is 3.11. The van der Waals surface area contributed by atoms with Crippen molar-refractivity contribution in [2.75, 3.05) is 13.1 Å². The fourth-order valence-electron chi connectivity index (χ4n) is 3.09. The van der Waals surface area contributed by atoms with Crippen molar-refractivity contribution < 1.29 is 14.3 Å². The summed E-state index contributed by atoms with van der Waals surface area (Å²) >= 11 is 0. The lowest BCUT2D eigenvalue weighted by Crippen LogP contribution is -2.43. The molecule has 0 radical (unpaired) electrons. The number of Topliss-reactive ketones (excluding diaryl/α,β-unsaturated/α-hetero) is 1. The van der Waals surface area contributed by atoms with Crippen molar-refractivity contribution in [3.63, 3.8) is 0 Å². The third-order valence-electron chi connectivity index (χ3n) is 4.40. The molecule has 0 unspecified atom stereocenters. The van der Waals surface area contributed by atoms with E-state index in [1.165, 1.54) is 6.92 Å². The predicted molar refractivity (Wildman–Crippen MR) is 94.4 cm³/mol. The minimum atomic E-state index is -0.100. The fourth-order valence-corrected chi connectivity index (χ4v) is 3.09. The molecule has 0 bridgehead atoms. The number of benzene rings is 1. The van der Waals surface area contributed by atoms with Gasteiger partial charge in [-0.05, 0) is 38.0 Å². The van der Waals surface area contributed by atoms with Gasteiger partial charge in [0.05, 0.1) is 24.0 Å². The lowest BCUT2D eigenvalue weighted by atomic mass is 10.0. The highest BCUT2D eigenvalue weighted by atomic mass is 16.5. The number of hydrogen-bond donors (Lipinski definition) is 0. The quantitative estimate of drug-likeness (QED) is 0.786. The van der Waals surface area contributed by atoms with Crippen molar-refractivity contribution in [2.24, 2.45) is 0 Å². The molecular weight excluding hydrogens is 316 g/mol. The molecule has 25 heavy (non-hydrogen) atoms. The van der Waals surface area contributed by atoms with Crippen molar-refractivity contribution in [3.8, 4) is 0 Å². The molecule has 0 spiro atoms. The zero-order valence-electron chi connectivity index (χ0n) is 14.4. The maximum atomic E-state index is 12.9. The maximum absolute atomic E-state index is 12.9. The Kier molecular flexibility index (Phi) is 5.56. The summed E-state index contributed by atoms with van der Waals surface area (Å²) in [6.45, 7) is 3.16. The lowest BCUT2D eigenvalue weighted by molar-refractivity contribution is -0.00787. The number of nitrogens with zero attached hydrogens (tertiary/aromatic N) is 2. The highest BCUT2D eigenvalue weighted by Crippen LogP contribution is 2.19. The summed E-state index contributed by atoms with van der Waals surface area (Å²) in [5.74, 6) is -0.194. The number of rotatable bonds is 5. The van der Waals surface area contributed by atoms with Gasteiger partial charge < -0.3 is 9.64 Å². The highest BCUT2D eigenvalue weighted by Gasteiger charge is 2.26. The molecule has 1 aromatic carbocycles. The number of amides is 1. The normalized spacial score (nSPS) is 17.3. The highest BCUT2D eigenvalue weighted by molar-refractivity contribution is 6.07. The van der Waals surface area contributed by atoms with E-state index in [1.807, 2.05) is 18.2 Å². The Morgan fingerprint density at radius 2 is 1.92 bits per heavy atom. The minimum Gasteiger partial charge on any atom is -0.370 e. The number of carbonyl (C=O) groups excluding carboxylic acids is 2. The second-order valence-corrected chi connectivity index (χ2v) is 6.25. The molecule has 3 rings (SSSR count). The zero-order valence-corrected chi connectivity index (χ0v) is 14.4. The van der Waals surface area contributed by atoms with E-state index >= 15 is 0 Å². The maximum Gasteiger partial charge on any atom is 0.254 e. The first-order valence-corrected chi connectivity index (χ1v) is 8.56. The van der Waals surface area contributed by atoms with Crippen LogP contribution in [-0.4, -0.2) is 40.8 Å². The molecule has 0 aliphatic carbocycles. The average Bonchev–Trinajstić information content (AvgIpc) is 2.67. The van der Waals surface area contributed by atoms with Crippen LogP contribution in [0.2, 0.25) is 0 Å². The summed E-state index contributed by atoms with van der Waals surface area (Å²) in [5.41, 5.74) is 1.83. The zero-order chi connectivity index (χ0) is 17.6. The van der Waals surface area contributed by atoms with Gasteiger partial charge in [0.1, 0.15) is 0 Å². The molecule has 1 atom stereocenters. The number of ketones is 1. The molecule has 1 saturated heterocycles. The Bertz CT molecular complexity index is 746. The van der Waals surface area contributed by atoms with Crippen LogP contribution in [-0.2, 0) is 11.3 Å². The first-order valence-electron chi connectivity index (χ1n) is 8.56. The summed E-state index contributed by atoms with van der Waals surface area (Å²) < 4.78 is 5.94. The average molecular weight is 338 g/mol. The van der Waals surface area contributed by atoms with E-state index in [-0.39, 0.29) is 17.8 Å². The molecule has 1 aliphatic rings. The van der Waals surface area contributed by atoms with Crippen LogP contribution in [0.5, 0.6) is 0 Å². The van der Waals surface area contributed by atoms with Gasteiger partial charge in [0.2, 0.25) is 0 Å². The van der Waals surface area contributed by atoms with Crippen molar-refractivity contribution in [1.29, 1.82) is 0 Å². The first-order chi connectivity index (χ1) is 12.1. The molecule has 5 nitrogen and oxygen atoms in total. The third kappa shape index (κ3) is 4.31. The van der Waals surface area contributed by atoms with E-state index < -0.39 is 0 Å². The Labute approximate surface area is 147 Å². The minimum absolute atomic E-state index is 0.0100. The van der Waals surface area contributed by atoms with Crippen LogP contribution < -0.4 is 0 Å². The van der Waals surface area contributed by atoms with Crippen LogP contribution >= 0.6 is 0 Å². The Morgan fingerprint density at radius 3 is 2.64 bits per heavy atom. The molecule has 130 valence electrons. The molecule has 5 heteroatoms. The van der Waals surface area contributed by atoms with Gasteiger partial charge in [-0.1, -0.05) is 24.3 Å². The summed E-state index contributed by atoms with van der Waals surface area (Å²) in [5, 5.41) is 0. The molecule has 0 N–H and O–H groups in total. The summed E-state index contributed by atoms with van der Waals surface area (Å²) in [6.07, 6.45) is 3.55. The van der Waals surface area contributed by atoms with Crippen LogP contribution in [0.25, 0.3) is 0 Å². The Morgan fingerprint density at radius 1 is 1.16 bits per heavy atom. The largest absolute Gasteiger partial charge is 0.370 e. The van der Waals surface area contributed by atoms with Gasteiger partial charge in [-0.3, -0.25) is 14.6 Å². The van der Waals surface area contributed by atoms with Crippen LogP contribution in [0.3, 0.4) is 0 Å². The number of piperidine rings is 1. The Hall–Kier alpha value is -2.53. The van der Waals surface area contributed by atoms with Crippen molar-refractivity contribution >= 4 is 11.7 Å². The number of carbonyl (C=O) groups is 2. The molecular formula is C20H22N2O3. The second kappa shape index (κ2) is 8.03. The van der Waals surface area contributed by atoms with Crippen LogP contribution in [0, 0.1) is 0 Å². The number of ether oxygens (including phenoxy) is 1. The molecule has 1 amide bonds. The van der Waals surface area contributed by atoms with Gasteiger partial charge in [-0.2, -0.15) is 0 Å². The second-order valence-electron chi connectivity index (χ2n) is 6.25. The molecule has 2 heterocycles. The van der Waals surface area contributed by atoms with Crippen LogP contribution in [0.15, 0.2) is 48.7 Å². The van der Waals surface area contributed by atoms with Gasteiger partial charge in [0.15, 0.2) is 5.78 Å². The summed E-state index contributed by atoms with van der Waals surface area (Å²) in [7, 11) is 0. The number of aromatic nitrogens is 1. The number of likely N-dealkylation sites (tertiary alicyclic amines) is 1. The first kappa shape index (κ1) is 17.3. The van der Waals surface area contributed by atoms with E-state index in [2.05, 4.69) is 4.98 Å². The number of hydrogen-bond acceptors (Lipinski definition) is 4. The molecule has 0 saturated carbocycles. The van der Waals surface area contributed by atoms with Gasteiger partial charge in [-0.25, -0.2) is 0 Å². The standard InChI is InChI=1S/C20H22N2O3/c1-15(23)18-9-2-3-10-19(18)20(24)22-12-6-8-17(13-22)25-14-16-7-4-5-11-21-16/h2-5,7,9-11,17H,6,8,12-14H2,1H3/t17-/m0/s1. The molecule has 1 fully saturated rings. The number of pyridine rings is 1. The third-order valence-corrected chi connectivity index (χ3v) is 4.40. The molecule has 2 aromatic rings. The molecule has 1 aliphatic heterocycles. The van der Waals surface area contributed by atoms with Crippen LogP contribution in [0.1, 0.15) is 46.2 Å². The summed E-state index contributed by atoms with van der Waals surface area (Å²) in [4.78, 5) is 30.7. The smallest absolute Gasteiger partial charge is 0.254 e. The van der Waals surface area contributed by atoms with E-state index in [0.29, 0.717) is 30.8 Å². The Balaban J connectivity index is 1.65. The van der Waals surface area contributed by atoms with E-state index in [9.17, 15) is 9.59 Å². The van der Waals surface area contributed by atoms with Gasteiger partial charge in [0.25, 0.3) is 5.91 Å². The van der Waals surface area contributed by atoms with E-state index in [1.54, 1.807) is 35.4 Å². The fraction of sp³-hybridized carbons (Fsp3) is 0.350. The SMILES string of the molecule is CC(=O)c1ccccc1C(=O)N1CCC[C@H](OCc2ccccn2)C1. The van der Waals surface area contributed by atoms with Gasteiger partial charge in [0, 0.05) is 24.8 Å². The van der Waals surface area contributed by atoms with E-state index in [0.717, 1.165) is 18.5 Å². The monoisotopic (exact) mass is 338 g/mol. The molecule has 1 aromatic heterocycles. The van der Waals surface area contributed by atoms with E-state index in [4.69, 9.17) is 4.74 Å². The van der Waals surface area contributed by atoms with Crippen LogP contribution in [0.4, 0.5) is 0 Å². The topological polar surface area (TPSA) is 59.5 Å². The lowest BCUT2D eigenvalue weighted by Gasteiger charge is -2.33.